The van der Waals surface area contributed by atoms with Crippen molar-refractivity contribution in [3.63, 3.8) is 0 Å². The zero-order chi connectivity index (χ0) is 24.5. The quantitative estimate of drug-likeness (QED) is 0.497. The Morgan fingerprint density at radius 3 is 2.54 bits per heavy atom. The minimum atomic E-state index is -0.427. The largest absolute Gasteiger partial charge is 0.383 e. The van der Waals surface area contributed by atoms with Crippen molar-refractivity contribution in [2.75, 3.05) is 38.5 Å². The molecule has 9 heteroatoms. The number of nitrogens with zero attached hydrogens (tertiary/aromatic N) is 4. The highest BCUT2D eigenvalue weighted by Gasteiger charge is 2.57. The number of halogens is 2. The average molecular weight is 501 g/mol. The van der Waals surface area contributed by atoms with Crippen LogP contribution < -0.4 is 20.9 Å². The number of rotatable bonds is 7. The van der Waals surface area contributed by atoms with Crippen molar-refractivity contribution in [1.82, 2.24) is 30.0 Å². The molecule has 1 aromatic carbocycles. The summed E-state index contributed by atoms with van der Waals surface area (Å²) in [5.74, 6) is 1.03. The van der Waals surface area contributed by atoms with E-state index in [0.29, 0.717) is 10.3 Å². The lowest BCUT2D eigenvalue weighted by atomic mass is 9.86. The van der Waals surface area contributed by atoms with Crippen LogP contribution in [0.5, 0.6) is 0 Å². The van der Waals surface area contributed by atoms with Crippen molar-refractivity contribution in [3.8, 4) is 0 Å². The van der Waals surface area contributed by atoms with Gasteiger partial charge in [0.05, 0.1) is 30.1 Å². The first kappa shape index (κ1) is 24.3. The molecule has 0 saturated carbocycles. The third kappa shape index (κ3) is 4.36. The Morgan fingerprint density at radius 2 is 1.89 bits per heavy atom. The molecule has 0 atom stereocenters. The Labute approximate surface area is 212 Å². The number of anilines is 1. The summed E-state index contributed by atoms with van der Waals surface area (Å²) in [5, 5.41) is 7.61. The van der Waals surface area contributed by atoms with Gasteiger partial charge in [-0.2, -0.15) is 4.98 Å². The molecule has 7 nitrogen and oxygen atoms in total. The summed E-state index contributed by atoms with van der Waals surface area (Å²) in [5.41, 5.74) is 8.41. The van der Waals surface area contributed by atoms with Crippen LogP contribution in [0.15, 0.2) is 36.9 Å². The first-order valence-corrected chi connectivity index (χ1v) is 13.2. The number of nitrogen functional groups attached to an aromatic ring is 1. The number of likely N-dealkylation sites (tertiary alicyclic amines) is 2. The van der Waals surface area contributed by atoms with Crippen molar-refractivity contribution in [2.45, 2.75) is 57.2 Å². The Bertz CT molecular complexity index is 1070. The summed E-state index contributed by atoms with van der Waals surface area (Å²) < 4.78 is 14.9. The Balaban J connectivity index is 1.51. The van der Waals surface area contributed by atoms with Gasteiger partial charge in [-0.25, -0.2) is 13.9 Å². The average Bonchev–Trinajstić information content (AvgIpc) is 3.57. The van der Waals surface area contributed by atoms with Crippen LogP contribution in [0.25, 0.3) is 0 Å². The molecule has 4 N–H and O–H groups in total. The fraction of sp³-hybridized carbons (Fsp3) is 0.538. The number of nitrogens with two attached hydrogens (primary N) is 1. The minimum Gasteiger partial charge on any atom is -0.383 e. The number of nitrogens with one attached hydrogen (secondary N) is 2. The normalized spacial score (nSPS) is 26.0. The van der Waals surface area contributed by atoms with Crippen LogP contribution in [0.2, 0.25) is 5.02 Å². The second-order valence-corrected chi connectivity index (χ2v) is 10.5. The standard InChI is InChI=1S/C26H36ClFN7/c1-2-21-24(29)30-18-31-25(21)35(26(32-10-11-33-26)9-14-34-12-3-4-13-34)15-7-19(8-16-35)20-5-6-22(27)23(28)17-20/h5-6,10-11,17-19,32-33H,2-4,7-9,12-16H2,1H3,(H2,29,30,31)/q+1. The van der Waals surface area contributed by atoms with E-state index >= 15 is 0 Å². The highest BCUT2D eigenvalue weighted by atomic mass is 35.5. The maximum absolute atomic E-state index is 14.2. The van der Waals surface area contributed by atoms with Crippen LogP contribution in [0.1, 0.15) is 56.1 Å². The van der Waals surface area contributed by atoms with E-state index in [1.54, 1.807) is 18.5 Å². The van der Waals surface area contributed by atoms with E-state index in [1.165, 1.54) is 12.8 Å². The molecule has 2 fully saturated rings. The molecule has 0 amide bonds. The van der Waals surface area contributed by atoms with E-state index < -0.39 is 5.79 Å². The number of benzene rings is 1. The van der Waals surface area contributed by atoms with Crippen molar-refractivity contribution in [3.05, 3.63) is 58.9 Å². The monoisotopic (exact) mass is 500 g/mol. The Hall–Kier alpha value is -2.42. The van der Waals surface area contributed by atoms with Gasteiger partial charge in [0.1, 0.15) is 18.0 Å². The number of quaternary nitrogens is 1. The van der Waals surface area contributed by atoms with Gasteiger partial charge in [-0.05, 0) is 56.0 Å². The van der Waals surface area contributed by atoms with Gasteiger partial charge in [-0.15, -0.1) is 0 Å². The molecule has 3 aliphatic heterocycles. The highest BCUT2D eigenvalue weighted by Crippen LogP contribution is 2.43. The van der Waals surface area contributed by atoms with Crippen LogP contribution in [0.4, 0.5) is 16.0 Å². The zero-order valence-electron chi connectivity index (χ0n) is 20.4. The first-order valence-electron chi connectivity index (χ1n) is 12.8. The third-order valence-electron chi connectivity index (χ3n) is 8.30. The summed E-state index contributed by atoms with van der Waals surface area (Å²) >= 11 is 5.95. The summed E-state index contributed by atoms with van der Waals surface area (Å²) in [7, 11) is 0. The van der Waals surface area contributed by atoms with E-state index in [2.05, 4.69) is 27.4 Å². The van der Waals surface area contributed by atoms with Gasteiger partial charge in [-0.1, -0.05) is 24.6 Å². The van der Waals surface area contributed by atoms with Gasteiger partial charge in [0.15, 0.2) is 0 Å². The molecular formula is C26H36ClFN7+. The maximum atomic E-state index is 14.2. The van der Waals surface area contributed by atoms with E-state index in [0.717, 1.165) is 75.4 Å². The van der Waals surface area contributed by atoms with E-state index in [4.69, 9.17) is 22.3 Å². The molecule has 2 saturated heterocycles. The van der Waals surface area contributed by atoms with Crippen molar-refractivity contribution >= 4 is 23.2 Å². The van der Waals surface area contributed by atoms with Gasteiger partial charge in [-0.3, -0.25) is 0 Å². The van der Waals surface area contributed by atoms with Gasteiger partial charge in [0, 0.05) is 31.8 Å². The van der Waals surface area contributed by atoms with E-state index in [1.807, 2.05) is 18.5 Å². The summed E-state index contributed by atoms with van der Waals surface area (Å²) in [6, 6.07) is 5.24. The smallest absolute Gasteiger partial charge is 0.257 e. The maximum Gasteiger partial charge on any atom is 0.257 e. The number of piperidine rings is 1. The molecule has 1 aromatic heterocycles. The summed E-state index contributed by atoms with van der Waals surface area (Å²) in [6.07, 6.45) is 11.7. The lowest BCUT2D eigenvalue weighted by molar-refractivity contribution is 0.0212. The molecular weight excluding hydrogens is 465 g/mol. The predicted octanol–water partition coefficient (Wildman–Crippen LogP) is 4.10. The van der Waals surface area contributed by atoms with Crippen LogP contribution >= 0.6 is 11.6 Å². The highest BCUT2D eigenvalue weighted by molar-refractivity contribution is 6.30. The molecule has 4 heterocycles. The summed E-state index contributed by atoms with van der Waals surface area (Å²) in [4.78, 5) is 11.7. The zero-order valence-corrected chi connectivity index (χ0v) is 21.2. The molecule has 5 rings (SSSR count). The molecule has 3 aliphatic rings. The van der Waals surface area contributed by atoms with Crippen LogP contribution in [0.3, 0.4) is 0 Å². The molecule has 188 valence electrons. The van der Waals surface area contributed by atoms with Crippen LogP contribution in [-0.2, 0) is 6.42 Å². The van der Waals surface area contributed by atoms with Crippen molar-refractivity contribution in [1.29, 1.82) is 0 Å². The predicted molar refractivity (Wildman–Crippen MR) is 139 cm³/mol. The molecule has 2 aromatic rings. The third-order valence-corrected chi connectivity index (χ3v) is 8.60. The van der Waals surface area contributed by atoms with Crippen LogP contribution in [-0.4, -0.2) is 53.4 Å². The molecule has 0 bridgehead atoms. The second-order valence-electron chi connectivity index (χ2n) is 10.1. The molecule has 0 spiro atoms. The van der Waals surface area contributed by atoms with Crippen molar-refractivity contribution in [2.24, 2.45) is 0 Å². The van der Waals surface area contributed by atoms with Gasteiger partial charge < -0.3 is 21.3 Å². The van der Waals surface area contributed by atoms with Gasteiger partial charge in [0.25, 0.3) is 5.79 Å². The van der Waals surface area contributed by atoms with E-state index in [9.17, 15) is 4.39 Å². The molecule has 0 radical (unpaired) electrons. The van der Waals surface area contributed by atoms with Crippen molar-refractivity contribution < 1.29 is 4.39 Å². The SMILES string of the molecule is CCc1c(N)ncnc1[N+]1(C2(CCN3CCCC3)NC=CN2)CCC(c2ccc(Cl)c(F)c2)CC1. The molecule has 0 unspecified atom stereocenters. The van der Waals surface area contributed by atoms with Gasteiger partial charge in [0.2, 0.25) is 5.82 Å². The topological polar surface area (TPSA) is 79.1 Å². The first-order chi connectivity index (χ1) is 17.0. The fourth-order valence-electron chi connectivity index (χ4n) is 6.34. The van der Waals surface area contributed by atoms with Gasteiger partial charge >= 0.3 is 0 Å². The minimum absolute atomic E-state index is 0.171. The fourth-order valence-corrected chi connectivity index (χ4v) is 6.46. The summed E-state index contributed by atoms with van der Waals surface area (Å²) in [6.45, 7) is 7.14. The van der Waals surface area contributed by atoms with Crippen LogP contribution in [0, 0.1) is 5.82 Å². The molecule has 35 heavy (non-hydrogen) atoms. The Kier molecular flexibility index (Phi) is 6.88. The van der Waals surface area contributed by atoms with E-state index in [-0.39, 0.29) is 16.8 Å². The number of hydrogen-bond acceptors (Lipinski definition) is 6. The molecule has 0 aliphatic carbocycles. The lowest BCUT2D eigenvalue weighted by Crippen LogP contribution is -2.77. The second kappa shape index (κ2) is 9.91. The number of hydrogen-bond donors (Lipinski definition) is 3. The Morgan fingerprint density at radius 1 is 1.17 bits per heavy atom. The number of aromatic nitrogens is 2. The lowest BCUT2D eigenvalue weighted by Gasteiger charge is -2.53.